The fourth-order valence-electron chi connectivity index (χ4n) is 3.15. The Morgan fingerprint density at radius 3 is 1.70 bits per heavy atom. The molecular formula is C33H46. The Kier molecular flexibility index (Phi) is 15.3. The van der Waals surface area contributed by atoms with Gasteiger partial charge in [-0.15, -0.1) is 0 Å². The molecule has 0 aliphatic carbocycles. The van der Waals surface area contributed by atoms with Crippen molar-refractivity contribution in [2.24, 2.45) is 0 Å². The molecule has 0 saturated heterocycles. The Balaban J connectivity index is 0.000000510. The maximum atomic E-state index is 3.69. The fourth-order valence-corrected chi connectivity index (χ4v) is 3.15. The quantitative estimate of drug-likeness (QED) is 0.404. The Morgan fingerprint density at radius 1 is 0.818 bits per heavy atom. The second-order valence-corrected chi connectivity index (χ2v) is 8.70. The molecule has 2 aromatic rings. The van der Waals surface area contributed by atoms with E-state index in [0.29, 0.717) is 0 Å². The van der Waals surface area contributed by atoms with Crippen molar-refractivity contribution in [3.8, 4) is 0 Å². The predicted octanol–water partition coefficient (Wildman–Crippen LogP) is 10.5. The third-order valence-electron chi connectivity index (χ3n) is 5.64. The SMILES string of the molecule is C/C=C(C)\C=C(\C)CC.C=C/C=C\C(C)=C(/C)c1c(C)cccc1C.Cc1ccc(C)cc1. The summed E-state index contributed by atoms with van der Waals surface area (Å²) < 4.78 is 0. The molecule has 178 valence electrons. The molecule has 0 N–H and O–H groups in total. The molecule has 0 spiro atoms. The van der Waals surface area contributed by atoms with Gasteiger partial charge in [-0.2, -0.15) is 0 Å². The third-order valence-corrected chi connectivity index (χ3v) is 5.64. The van der Waals surface area contributed by atoms with Gasteiger partial charge in [0.05, 0.1) is 0 Å². The number of allylic oxidation sites excluding steroid dienone is 9. The molecule has 33 heavy (non-hydrogen) atoms. The third kappa shape index (κ3) is 12.7. The minimum absolute atomic E-state index is 1.16. The first-order valence-electron chi connectivity index (χ1n) is 11.9. The fraction of sp³-hybridized carbons (Fsp3) is 0.333. The minimum atomic E-state index is 1.16. The first kappa shape index (κ1) is 30.1. The van der Waals surface area contributed by atoms with Crippen LogP contribution in [0.3, 0.4) is 0 Å². The lowest BCUT2D eigenvalue weighted by Crippen LogP contribution is -1.92. The summed E-state index contributed by atoms with van der Waals surface area (Å²) in [7, 11) is 0. The summed E-state index contributed by atoms with van der Waals surface area (Å²) in [6.45, 7) is 25.1. The van der Waals surface area contributed by atoms with Gasteiger partial charge in [0.2, 0.25) is 0 Å². The molecule has 2 rings (SSSR count). The maximum Gasteiger partial charge on any atom is -0.0166 e. The second kappa shape index (κ2) is 16.7. The van der Waals surface area contributed by atoms with E-state index in [1.165, 1.54) is 50.1 Å². The van der Waals surface area contributed by atoms with Gasteiger partial charge in [-0.25, -0.2) is 0 Å². The molecule has 0 heterocycles. The zero-order valence-electron chi connectivity index (χ0n) is 22.8. The standard InChI is InChI=1S/C16H20.C9H16.C8H10/c1-6-7-9-12(2)15(5)16-13(3)10-8-11-14(16)4;1-5-8(3)7-9(4)6-2;1-7-3-5-8(2)6-4-7/h6-11H,1H2,2-5H3;5,7H,6H2,1-4H3;3-6H,1-2H3/b9-7-,15-12+;8-5-,9-7-;. The lowest BCUT2D eigenvalue weighted by Gasteiger charge is -2.12. The van der Waals surface area contributed by atoms with Crippen LogP contribution in [0.1, 0.15) is 75.8 Å². The molecule has 2 aromatic carbocycles. The maximum absolute atomic E-state index is 3.69. The van der Waals surface area contributed by atoms with E-state index in [0.717, 1.165) is 6.42 Å². The summed E-state index contributed by atoms with van der Waals surface area (Å²) in [4.78, 5) is 0. The first-order chi connectivity index (χ1) is 15.6. The Hall–Kier alpha value is -2.86. The molecule has 0 atom stereocenters. The molecule has 0 nitrogen and oxygen atoms in total. The summed E-state index contributed by atoms with van der Waals surface area (Å²) in [5.41, 5.74) is 12.1. The van der Waals surface area contributed by atoms with Crippen molar-refractivity contribution in [1.82, 2.24) is 0 Å². The van der Waals surface area contributed by atoms with Crippen LogP contribution in [-0.2, 0) is 0 Å². The monoisotopic (exact) mass is 442 g/mol. The van der Waals surface area contributed by atoms with Gasteiger partial charge in [0.25, 0.3) is 0 Å². The number of aryl methyl sites for hydroxylation is 4. The highest BCUT2D eigenvalue weighted by Crippen LogP contribution is 2.25. The normalized spacial score (nSPS) is 12.3. The molecule has 0 radical (unpaired) electrons. The van der Waals surface area contributed by atoms with E-state index in [2.05, 4.69) is 137 Å². The number of hydrogen-bond donors (Lipinski definition) is 0. The highest BCUT2D eigenvalue weighted by Gasteiger charge is 2.05. The van der Waals surface area contributed by atoms with E-state index >= 15 is 0 Å². The van der Waals surface area contributed by atoms with Crippen molar-refractivity contribution in [3.63, 3.8) is 0 Å². The Bertz CT molecular complexity index is 932. The zero-order chi connectivity index (χ0) is 25.4. The molecular weight excluding hydrogens is 396 g/mol. The van der Waals surface area contributed by atoms with E-state index in [1.54, 1.807) is 0 Å². The molecule has 0 unspecified atom stereocenters. The summed E-state index contributed by atoms with van der Waals surface area (Å²) in [6, 6.07) is 14.9. The summed E-state index contributed by atoms with van der Waals surface area (Å²) >= 11 is 0. The van der Waals surface area contributed by atoms with E-state index in [-0.39, 0.29) is 0 Å². The van der Waals surface area contributed by atoms with Gasteiger partial charge in [-0.3, -0.25) is 0 Å². The van der Waals surface area contributed by atoms with E-state index in [4.69, 9.17) is 0 Å². The highest BCUT2D eigenvalue weighted by atomic mass is 14.1. The molecule has 0 heteroatoms. The van der Waals surface area contributed by atoms with Crippen molar-refractivity contribution in [1.29, 1.82) is 0 Å². The molecule has 0 aliphatic heterocycles. The summed E-state index contributed by atoms with van der Waals surface area (Å²) in [6.07, 6.45) is 11.4. The van der Waals surface area contributed by atoms with Crippen LogP contribution in [0.5, 0.6) is 0 Å². The van der Waals surface area contributed by atoms with E-state index < -0.39 is 0 Å². The van der Waals surface area contributed by atoms with E-state index in [1.807, 2.05) is 12.2 Å². The zero-order valence-corrected chi connectivity index (χ0v) is 22.8. The Morgan fingerprint density at radius 2 is 1.30 bits per heavy atom. The van der Waals surface area contributed by atoms with Crippen LogP contribution in [0.2, 0.25) is 0 Å². The van der Waals surface area contributed by atoms with Gasteiger partial charge in [-0.05, 0) is 96.6 Å². The van der Waals surface area contributed by atoms with Crippen molar-refractivity contribution in [2.75, 3.05) is 0 Å². The smallest absolute Gasteiger partial charge is 0.0166 e. The van der Waals surface area contributed by atoms with Gasteiger partial charge < -0.3 is 0 Å². The second-order valence-electron chi connectivity index (χ2n) is 8.70. The van der Waals surface area contributed by atoms with Crippen LogP contribution in [0.15, 0.2) is 96.1 Å². The van der Waals surface area contributed by atoms with Crippen molar-refractivity contribution in [2.45, 2.75) is 75.7 Å². The lowest BCUT2D eigenvalue weighted by atomic mass is 9.93. The number of hydrogen-bond acceptors (Lipinski definition) is 0. The lowest BCUT2D eigenvalue weighted by molar-refractivity contribution is 1.09. The number of benzene rings is 2. The molecule has 0 fully saturated rings. The Labute approximate surface area is 205 Å². The highest BCUT2D eigenvalue weighted by molar-refractivity contribution is 5.73. The van der Waals surface area contributed by atoms with Crippen LogP contribution in [-0.4, -0.2) is 0 Å². The van der Waals surface area contributed by atoms with E-state index in [9.17, 15) is 0 Å². The molecule has 0 amide bonds. The van der Waals surface area contributed by atoms with Crippen molar-refractivity contribution in [3.05, 3.63) is 124 Å². The molecule has 0 aliphatic rings. The van der Waals surface area contributed by atoms with Gasteiger partial charge in [0.1, 0.15) is 0 Å². The van der Waals surface area contributed by atoms with Crippen LogP contribution < -0.4 is 0 Å². The predicted molar refractivity (Wildman–Crippen MR) is 153 cm³/mol. The average molecular weight is 443 g/mol. The van der Waals surface area contributed by atoms with Gasteiger partial charge >= 0.3 is 0 Å². The van der Waals surface area contributed by atoms with Crippen molar-refractivity contribution < 1.29 is 0 Å². The summed E-state index contributed by atoms with van der Waals surface area (Å²) in [5, 5.41) is 0. The van der Waals surface area contributed by atoms with Gasteiger partial charge in [-0.1, -0.05) is 109 Å². The molecule has 0 aromatic heterocycles. The van der Waals surface area contributed by atoms with Crippen LogP contribution >= 0.6 is 0 Å². The number of rotatable bonds is 5. The van der Waals surface area contributed by atoms with Crippen molar-refractivity contribution >= 4 is 5.57 Å². The van der Waals surface area contributed by atoms with Gasteiger partial charge in [0, 0.05) is 0 Å². The molecule has 0 saturated carbocycles. The average Bonchev–Trinajstić information content (AvgIpc) is 2.79. The largest absolute Gasteiger partial charge is 0.0991 e. The first-order valence-corrected chi connectivity index (χ1v) is 11.9. The topological polar surface area (TPSA) is 0 Å². The van der Waals surface area contributed by atoms with Crippen LogP contribution in [0.4, 0.5) is 0 Å². The summed E-state index contributed by atoms with van der Waals surface area (Å²) in [5.74, 6) is 0. The van der Waals surface area contributed by atoms with Crippen LogP contribution in [0, 0.1) is 27.7 Å². The van der Waals surface area contributed by atoms with Crippen LogP contribution in [0.25, 0.3) is 5.57 Å². The molecule has 0 bridgehead atoms. The minimum Gasteiger partial charge on any atom is -0.0991 e. The van der Waals surface area contributed by atoms with Gasteiger partial charge in [0.15, 0.2) is 0 Å².